The van der Waals surface area contributed by atoms with Crippen molar-refractivity contribution in [3.63, 3.8) is 0 Å². The van der Waals surface area contributed by atoms with Crippen molar-refractivity contribution in [2.24, 2.45) is 0 Å². The van der Waals surface area contributed by atoms with Crippen molar-refractivity contribution in [2.45, 2.75) is 19.4 Å². The van der Waals surface area contributed by atoms with Crippen LogP contribution in [0.5, 0.6) is 5.75 Å². The van der Waals surface area contributed by atoms with Crippen LogP contribution < -0.4 is 4.74 Å². The van der Waals surface area contributed by atoms with E-state index in [1.165, 1.54) is 0 Å². The first kappa shape index (κ1) is 12.0. The maximum Gasteiger partial charge on any atom is 0.119 e. The summed E-state index contributed by atoms with van der Waals surface area (Å²) >= 11 is 0. The zero-order valence-electron chi connectivity index (χ0n) is 9.27. The van der Waals surface area contributed by atoms with Crippen molar-refractivity contribution >= 4 is 0 Å². The van der Waals surface area contributed by atoms with Crippen LogP contribution in [-0.4, -0.2) is 25.4 Å². The van der Waals surface area contributed by atoms with E-state index in [-0.39, 0.29) is 6.10 Å². The van der Waals surface area contributed by atoms with E-state index in [9.17, 15) is 5.11 Å². The number of methoxy groups -OCH3 is 1. The van der Waals surface area contributed by atoms with Crippen molar-refractivity contribution in [3.05, 3.63) is 29.8 Å². The van der Waals surface area contributed by atoms with Crippen LogP contribution in [-0.2, 0) is 4.74 Å². The molecule has 0 fully saturated rings. The van der Waals surface area contributed by atoms with Gasteiger partial charge in [0.1, 0.15) is 12.4 Å². The van der Waals surface area contributed by atoms with Crippen molar-refractivity contribution in [1.82, 2.24) is 0 Å². The Hall–Kier alpha value is -1.06. The molecule has 0 bridgehead atoms. The molecule has 0 unspecified atom stereocenters. The van der Waals surface area contributed by atoms with Crippen LogP contribution in [0.15, 0.2) is 24.3 Å². The summed E-state index contributed by atoms with van der Waals surface area (Å²) < 4.78 is 10.3. The fourth-order valence-electron chi connectivity index (χ4n) is 1.26. The van der Waals surface area contributed by atoms with Crippen LogP contribution >= 0.6 is 0 Å². The minimum atomic E-state index is -0.377. The predicted molar refractivity (Wildman–Crippen MR) is 59.1 cm³/mol. The molecular weight excluding hydrogens is 192 g/mol. The van der Waals surface area contributed by atoms with E-state index >= 15 is 0 Å². The quantitative estimate of drug-likeness (QED) is 0.731. The van der Waals surface area contributed by atoms with E-state index in [2.05, 4.69) is 0 Å². The molecule has 0 aliphatic rings. The summed E-state index contributed by atoms with van der Waals surface area (Å²) in [5.74, 6) is 0.805. The van der Waals surface area contributed by atoms with Crippen molar-refractivity contribution in [1.29, 1.82) is 0 Å². The van der Waals surface area contributed by atoms with Gasteiger partial charge in [0.05, 0.1) is 12.7 Å². The highest BCUT2D eigenvalue weighted by atomic mass is 16.5. The normalized spacial score (nSPS) is 12.5. The zero-order chi connectivity index (χ0) is 11.1. The van der Waals surface area contributed by atoms with E-state index in [4.69, 9.17) is 9.47 Å². The lowest BCUT2D eigenvalue weighted by Gasteiger charge is -2.09. The largest absolute Gasteiger partial charge is 0.491 e. The molecule has 15 heavy (non-hydrogen) atoms. The third-order valence-corrected chi connectivity index (χ3v) is 2.21. The Morgan fingerprint density at radius 3 is 2.40 bits per heavy atom. The Labute approximate surface area is 90.6 Å². The Bertz CT molecular complexity index is 269. The molecule has 1 aromatic rings. The smallest absolute Gasteiger partial charge is 0.119 e. The molecule has 1 atom stereocenters. The monoisotopic (exact) mass is 210 g/mol. The number of aliphatic hydroxyl groups excluding tert-OH is 1. The minimum Gasteiger partial charge on any atom is -0.491 e. The maximum absolute atomic E-state index is 9.57. The van der Waals surface area contributed by atoms with Gasteiger partial charge in [0, 0.05) is 7.11 Å². The first-order valence-corrected chi connectivity index (χ1v) is 5.17. The standard InChI is InChI=1S/C12H18O3/c1-3-12(13)10-4-6-11(7-5-10)15-9-8-14-2/h4-7,12-13H,3,8-9H2,1-2H3/t12-/m0/s1. The maximum atomic E-state index is 9.57. The van der Waals surface area contributed by atoms with Crippen LogP contribution in [0.2, 0.25) is 0 Å². The lowest BCUT2D eigenvalue weighted by atomic mass is 10.1. The number of ether oxygens (including phenoxy) is 2. The highest BCUT2D eigenvalue weighted by Gasteiger charge is 2.03. The molecule has 0 aliphatic carbocycles. The lowest BCUT2D eigenvalue weighted by Crippen LogP contribution is -2.04. The molecule has 3 nitrogen and oxygen atoms in total. The molecule has 0 heterocycles. The van der Waals surface area contributed by atoms with Gasteiger partial charge >= 0.3 is 0 Å². The van der Waals surface area contributed by atoms with Crippen molar-refractivity contribution < 1.29 is 14.6 Å². The highest BCUT2D eigenvalue weighted by Crippen LogP contribution is 2.19. The second-order valence-corrected chi connectivity index (χ2v) is 3.33. The summed E-state index contributed by atoms with van der Waals surface area (Å²) in [5.41, 5.74) is 0.927. The average molecular weight is 210 g/mol. The van der Waals surface area contributed by atoms with E-state index in [0.29, 0.717) is 13.2 Å². The number of hydrogen-bond acceptors (Lipinski definition) is 3. The fourth-order valence-corrected chi connectivity index (χ4v) is 1.26. The lowest BCUT2D eigenvalue weighted by molar-refractivity contribution is 0.146. The zero-order valence-corrected chi connectivity index (χ0v) is 9.27. The van der Waals surface area contributed by atoms with Gasteiger partial charge in [-0.15, -0.1) is 0 Å². The van der Waals surface area contributed by atoms with Gasteiger partial charge in [0.2, 0.25) is 0 Å². The molecule has 1 aromatic carbocycles. The summed E-state index contributed by atoms with van der Waals surface area (Å²) in [6, 6.07) is 7.50. The van der Waals surface area contributed by atoms with Gasteiger partial charge < -0.3 is 14.6 Å². The first-order chi connectivity index (χ1) is 7.27. The second kappa shape index (κ2) is 6.43. The molecule has 1 rings (SSSR count). The summed E-state index contributed by atoms with van der Waals surface area (Å²) in [4.78, 5) is 0. The van der Waals surface area contributed by atoms with E-state index in [1.54, 1.807) is 7.11 Å². The summed E-state index contributed by atoms with van der Waals surface area (Å²) in [5, 5.41) is 9.57. The van der Waals surface area contributed by atoms with E-state index < -0.39 is 0 Å². The molecular formula is C12H18O3. The van der Waals surface area contributed by atoms with E-state index in [1.807, 2.05) is 31.2 Å². The molecule has 0 saturated heterocycles. The number of hydrogen-bond donors (Lipinski definition) is 1. The molecule has 3 heteroatoms. The SMILES string of the molecule is CC[C@H](O)c1ccc(OCCOC)cc1. The summed E-state index contributed by atoms with van der Waals surface area (Å²) in [7, 11) is 1.64. The Morgan fingerprint density at radius 2 is 1.87 bits per heavy atom. The molecule has 0 aliphatic heterocycles. The molecule has 0 amide bonds. The Kier molecular flexibility index (Phi) is 5.15. The van der Waals surface area contributed by atoms with Crippen LogP contribution in [0.1, 0.15) is 25.0 Å². The van der Waals surface area contributed by atoms with Crippen LogP contribution in [0.4, 0.5) is 0 Å². The fraction of sp³-hybridized carbons (Fsp3) is 0.500. The van der Waals surface area contributed by atoms with Gasteiger partial charge in [-0.1, -0.05) is 19.1 Å². The minimum absolute atomic E-state index is 0.377. The number of rotatable bonds is 6. The third-order valence-electron chi connectivity index (χ3n) is 2.21. The summed E-state index contributed by atoms with van der Waals surface area (Å²) in [6.45, 7) is 3.08. The van der Waals surface area contributed by atoms with Gasteiger partial charge in [-0.3, -0.25) is 0 Å². The van der Waals surface area contributed by atoms with Gasteiger partial charge in [-0.2, -0.15) is 0 Å². The molecule has 84 valence electrons. The van der Waals surface area contributed by atoms with Gasteiger partial charge in [-0.25, -0.2) is 0 Å². The van der Waals surface area contributed by atoms with Gasteiger partial charge in [0.15, 0.2) is 0 Å². The van der Waals surface area contributed by atoms with Gasteiger partial charge in [0.25, 0.3) is 0 Å². The van der Waals surface area contributed by atoms with Crippen LogP contribution in [0, 0.1) is 0 Å². The predicted octanol–water partition coefficient (Wildman–Crippen LogP) is 2.16. The summed E-state index contributed by atoms with van der Waals surface area (Å²) in [6.07, 6.45) is 0.349. The number of benzene rings is 1. The Morgan fingerprint density at radius 1 is 1.20 bits per heavy atom. The van der Waals surface area contributed by atoms with Crippen LogP contribution in [0.25, 0.3) is 0 Å². The topological polar surface area (TPSA) is 38.7 Å². The molecule has 1 N–H and O–H groups in total. The molecule has 0 aromatic heterocycles. The second-order valence-electron chi connectivity index (χ2n) is 3.33. The third kappa shape index (κ3) is 3.90. The molecule has 0 saturated carbocycles. The Balaban J connectivity index is 2.49. The van der Waals surface area contributed by atoms with Crippen LogP contribution in [0.3, 0.4) is 0 Å². The first-order valence-electron chi connectivity index (χ1n) is 5.17. The van der Waals surface area contributed by atoms with Gasteiger partial charge in [-0.05, 0) is 24.1 Å². The average Bonchev–Trinajstić information content (AvgIpc) is 2.29. The van der Waals surface area contributed by atoms with Crippen molar-refractivity contribution in [2.75, 3.05) is 20.3 Å². The highest BCUT2D eigenvalue weighted by molar-refractivity contribution is 5.28. The van der Waals surface area contributed by atoms with E-state index in [0.717, 1.165) is 17.7 Å². The molecule has 0 radical (unpaired) electrons. The van der Waals surface area contributed by atoms with Crippen molar-refractivity contribution in [3.8, 4) is 5.75 Å². The molecule has 0 spiro atoms. The number of aliphatic hydroxyl groups is 1.